The Morgan fingerprint density at radius 1 is 1.33 bits per heavy atom. The molecule has 2 aromatic rings. The fourth-order valence-electron chi connectivity index (χ4n) is 1.57. The Morgan fingerprint density at radius 3 is 2.72 bits per heavy atom. The summed E-state index contributed by atoms with van der Waals surface area (Å²) in [7, 11) is 0. The number of imidazole rings is 1. The van der Waals surface area contributed by atoms with Gasteiger partial charge < -0.3 is 5.32 Å². The summed E-state index contributed by atoms with van der Waals surface area (Å²) >= 11 is 0. The smallest absolute Gasteiger partial charge is 0.227 e. The van der Waals surface area contributed by atoms with Crippen LogP contribution in [0.5, 0.6) is 0 Å². The maximum atomic E-state index is 11.8. The first kappa shape index (κ1) is 12.3. The number of rotatable bonds is 3. The predicted molar refractivity (Wildman–Crippen MR) is 69.6 cm³/mol. The highest BCUT2D eigenvalue weighted by molar-refractivity contribution is 5.93. The Bertz CT molecular complexity index is 560. The van der Waals surface area contributed by atoms with E-state index in [2.05, 4.69) is 15.3 Å². The van der Waals surface area contributed by atoms with Gasteiger partial charge in [0.05, 0.1) is 5.69 Å². The van der Waals surface area contributed by atoms with Crippen molar-refractivity contribution in [3.8, 4) is 5.82 Å². The summed E-state index contributed by atoms with van der Waals surface area (Å²) in [6.45, 7) is 5.60. The molecule has 18 heavy (non-hydrogen) atoms. The number of nitrogens with one attached hydrogen (secondary N) is 1. The third-order valence-corrected chi connectivity index (χ3v) is 2.62. The number of hydrogen-bond acceptors (Lipinski definition) is 3. The van der Waals surface area contributed by atoms with E-state index in [-0.39, 0.29) is 11.8 Å². The van der Waals surface area contributed by atoms with E-state index < -0.39 is 0 Å². The number of hydrogen-bond donors (Lipinski definition) is 1. The van der Waals surface area contributed by atoms with Gasteiger partial charge >= 0.3 is 0 Å². The van der Waals surface area contributed by atoms with E-state index in [1.165, 1.54) is 0 Å². The van der Waals surface area contributed by atoms with Crippen molar-refractivity contribution in [2.45, 2.75) is 20.8 Å². The number of carbonyl (C=O) groups is 1. The molecule has 0 saturated heterocycles. The zero-order valence-corrected chi connectivity index (χ0v) is 10.7. The van der Waals surface area contributed by atoms with E-state index in [0.717, 1.165) is 5.82 Å². The third kappa shape index (κ3) is 2.40. The van der Waals surface area contributed by atoms with E-state index in [0.29, 0.717) is 11.5 Å². The normalized spacial score (nSPS) is 10.7. The van der Waals surface area contributed by atoms with E-state index >= 15 is 0 Å². The van der Waals surface area contributed by atoms with Crippen LogP contribution >= 0.6 is 0 Å². The van der Waals surface area contributed by atoms with Gasteiger partial charge in [0.15, 0.2) is 5.82 Å². The van der Waals surface area contributed by atoms with Crippen LogP contribution in [0.15, 0.2) is 30.7 Å². The average Bonchev–Trinajstić information content (AvgIpc) is 2.76. The highest BCUT2D eigenvalue weighted by Gasteiger charge is 2.12. The maximum Gasteiger partial charge on any atom is 0.227 e. The lowest BCUT2D eigenvalue weighted by atomic mass is 10.2. The first-order valence-electron chi connectivity index (χ1n) is 5.86. The second-order valence-corrected chi connectivity index (χ2v) is 4.36. The van der Waals surface area contributed by atoms with Crippen molar-refractivity contribution in [3.05, 3.63) is 36.5 Å². The number of nitrogens with zero attached hydrogens (tertiary/aromatic N) is 3. The van der Waals surface area contributed by atoms with Gasteiger partial charge in [-0.15, -0.1) is 0 Å². The summed E-state index contributed by atoms with van der Waals surface area (Å²) in [5.74, 6) is 1.42. The molecule has 0 aliphatic heterocycles. The summed E-state index contributed by atoms with van der Waals surface area (Å²) < 4.78 is 1.84. The number of aromatic nitrogens is 3. The summed E-state index contributed by atoms with van der Waals surface area (Å²) in [5.41, 5.74) is 0.692. The zero-order chi connectivity index (χ0) is 13.1. The lowest BCUT2D eigenvalue weighted by Gasteiger charge is -2.12. The fourth-order valence-corrected chi connectivity index (χ4v) is 1.57. The predicted octanol–water partition coefficient (Wildman–Crippen LogP) is 2.17. The summed E-state index contributed by atoms with van der Waals surface area (Å²) in [6.07, 6.45) is 5.22. The molecule has 5 nitrogen and oxygen atoms in total. The van der Waals surface area contributed by atoms with Crippen LogP contribution in [0.4, 0.5) is 5.69 Å². The molecule has 2 rings (SSSR count). The molecule has 1 amide bonds. The van der Waals surface area contributed by atoms with Gasteiger partial charge in [0, 0.05) is 24.5 Å². The van der Waals surface area contributed by atoms with Crippen LogP contribution in [0.25, 0.3) is 5.82 Å². The minimum atomic E-state index is -0.0676. The first-order chi connectivity index (χ1) is 8.59. The molecule has 2 heterocycles. The molecule has 94 valence electrons. The van der Waals surface area contributed by atoms with Gasteiger partial charge in [0.25, 0.3) is 0 Å². The van der Waals surface area contributed by atoms with Crippen molar-refractivity contribution < 1.29 is 4.79 Å². The van der Waals surface area contributed by atoms with E-state index in [4.69, 9.17) is 0 Å². The van der Waals surface area contributed by atoms with Crippen LogP contribution in [-0.4, -0.2) is 20.4 Å². The molecule has 0 fully saturated rings. The van der Waals surface area contributed by atoms with Crippen molar-refractivity contribution in [1.82, 2.24) is 14.5 Å². The van der Waals surface area contributed by atoms with Crippen molar-refractivity contribution in [2.75, 3.05) is 5.32 Å². The number of aryl methyl sites for hydroxylation is 1. The number of anilines is 1. The van der Waals surface area contributed by atoms with Crippen molar-refractivity contribution >= 4 is 11.6 Å². The molecule has 0 radical (unpaired) electrons. The first-order valence-corrected chi connectivity index (χ1v) is 5.86. The van der Waals surface area contributed by atoms with Crippen LogP contribution < -0.4 is 5.32 Å². The fraction of sp³-hybridized carbons (Fsp3) is 0.308. The second kappa shape index (κ2) is 5.00. The number of pyridine rings is 1. The van der Waals surface area contributed by atoms with Gasteiger partial charge in [-0.25, -0.2) is 9.97 Å². The van der Waals surface area contributed by atoms with Gasteiger partial charge in [-0.2, -0.15) is 0 Å². The Balaban J connectivity index is 2.38. The topological polar surface area (TPSA) is 59.8 Å². The molecule has 0 bridgehead atoms. The Kier molecular flexibility index (Phi) is 3.41. The van der Waals surface area contributed by atoms with Crippen LogP contribution in [0.1, 0.15) is 19.7 Å². The SMILES string of the molecule is Cc1nccn1-c1ncccc1NC(=O)C(C)C. The number of amides is 1. The summed E-state index contributed by atoms with van der Waals surface area (Å²) in [5, 5.41) is 2.88. The highest BCUT2D eigenvalue weighted by atomic mass is 16.1. The molecule has 0 aliphatic rings. The Morgan fingerprint density at radius 2 is 2.11 bits per heavy atom. The Labute approximate surface area is 106 Å². The van der Waals surface area contributed by atoms with Crippen LogP contribution in [0.3, 0.4) is 0 Å². The highest BCUT2D eigenvalue weighted by Crippen LogP contribution is 2.19. The van der Waals surface area contributed by atoms with E-state index in [1.807, 2.05) is 37.6 Å². The van der Waals surface area contributed by atoms with Gasteiger partial charge in [0.1, 0.15) is 5.82 Å². The molecule has 0 atom stereocenters. The molecule has 0 unspecified atom stereocenters. The van der Waals surface area contributed by atoms with Gasteiger partial charge in [-0.05, 0) is 19.1 Å². The molecule has 0 aliphatic carbocycles. The zero-order valence-electron chi connectivity index (χ0n) is 10.7. The monoisotopic (exact) mass is 244 g/mol. The summed E-state index contributed by atoms with van der Waals surface area (Å²) in [4.78, 5) is 20.2. The number of carbonyl (C=O) groups excluding carboxylic acids is 1. The van der Waals surface area contributed by atoms with E-state index in [1.54, 1.807) is 18.5 Å². The molecule has 0 saturated carbocycles. The van der Waals surface area contributed by atoms with Crippen molar-refractivity contribution in [2.24, 2.45) is 5.92 Å². The summed E-state index contributed by atoms with van der Waals surface area (Å²) in [6, 6.07) is 3.63. The quantitative estimate of drug-likeness (QED) is 0.900. The van der Waals surface area contributed by atoms with Crippen LogP contribution in [-0.2, 0) is 4.79 Å². The molecule has 1 N–H and O–H groups in total. The molecule has 0 aromatic carbocycles. The van der Waals surface area contributed by atoms with Crippen LogP contribution in [0, 0.1) is 12.8 Å². The van der Waals surface area contributed by atoms with Crippen LogP contribution in [0.2, 0.25) is 0 Å². The second-order valence-electron chi connectivity index (χ2n) is 4.36. The van der Waals surface area contributed by atoms with Crippen molar-refractivity contribution in [3.63, 3.8) is 0 Å². The standard InChI is InChI=1S/C13H16N4O/c1-9(2)13(18)16-11-5-4-6-15-12(11)17-8-7-14-10(17)3/h4-9H,1-3H3,(H,16,18). The lowest BCUT2D eigenvalue weighted by Crippen LogP contribution is -2.19. The average molecular weight is 244 g/mol. The molecule has 2 aromatic heterocycles. The minimum Gasteiger partial charge on any atom is -0.323 e. The molecular formula is C13H16N4O. The largest absolute Gasteiger partial charge is 0.323 e. The maximum absolute atomic E-state index is 11.8. The minimum absolute atomic E-state index is 0.0259. The lowest BCUT2D eigenvalue weighted by molar-refractivity contribution is -0.118. The van der Waals surface area contributed by atoms with E-state index in [9.17, 15) is 4.79 Å². The third-order valence-electron chi connectivity index (χ3n) is 2.62. The van der Waals surface area contributed by atoms with Gasteiger partial charge in [-0.1, -0.05) is 13.8 Å². The molecule has 0 spiro atoms. The van der Waals surface area contributed by atoms with Crippen molar-refractivity contribution in [1.29, 1.82) is 0 Å². The molecular weight excluding hydrogens is 228 g/mol. The molecule has 5 heteroatoms. The Hall–Kier alpha value is -2.17. The van der Waals surface area contributed by atoms with Gasteiger partial charge in [-0.3, -0.25) is 9.36 Å². The van der Waals surface area contributed by atoms with Gasteiger partial charge in [0.2, 0.25) is 5.91 Å².